The van der Waals surface area contributed by atoms with E-state index >= 15 is 0 Å². The van der Waals surface area contributed by atoms with Gasteiger partial charge in [0.2, 0.25) is 11.8 Å². The number of hydrogen-bond donors (Lipinski definition) is 1. The SMILES string of the molecule is Cc1ccc(N2CCN(C(=O)CCC(=O)Nc3ccc4nc(N5C[C@H](C)C[C@@H](C)C5)cc(C)c4c3)C[C@H]2C)cc1. The van der Waals surface area contributed by atoms with Crippen LogP contribution in [0.1, 0.15) is 51.2 Å². The summed E-state index contributed by atoms with van der Waals surface area (Å²) in [6, 6.07) is 16.8. The van der Waals surface area contributed by atoms with Crippen LogP contribution >= 0.6 is 0 Å². The number of aryl methyl sites for hydroxylation is 2. The third-order valence-corrected chi connectivity index (χ3v) is 8.39. The van der Waals surface area contributed by atoms with E-state index in [1.165, 1.54) is 17.7 Å². The molecule has 3 atom stereocenters. The van der Waals surface area contributed by atoms with Crippen LogP contribution < -0.4 is 15.1 Å². The van der Waals surface area contributed by atoms with Crippen LogP contribution in [0.2, 0.25) is 0 Å². The second-order valence-electron chi connectivity index (χ2n) is 12.1. The van der Waals surface area contributed by atoms with E-state index in [0.717, 1.165) is 47.6 Å². The molecule has 0 saturated carbocycles. The van der Waals surface area contributed by atoms with Crippen molar-refractivity contribution in [2.75, 3.05) is 47.8 Å². The fourth-order valence-electron chi connectivity index (χ4n) is 6.37. The summed E-state index contributed by atoms with van der Waals surface area (Å²) in [5.41, 5.74) is 5.26. The molecule has 7 nitrogen and oxygen atoms in total. The molecule has 0 spiro atoms. The smallest absolute Gasteiger partial charge is 0.224 e. The summed E-state index contributed by atoms with van der Waals surface area (Å²) >= 11 is 0. The number of hydrogen-bond acceptors (Lipinski definition) is 5. The lowest BCUT2D eigenvalue weighted by Gasteiger charge is -2.41. The zero-order valence-electron chi connectivity index (χ0n) is 24.6. The molecule has 2 aliphatic rings. The zero-order valence-corrected chi connectivity index (χ0v) is 24.6. The molecular weight excluding hydrogens is 498 g/mol. The van der Waals surface area contributed by atoms with Crippen LogP contribution in [0.15, 0.2) is 48.5 Å². The van der Waals surface area contributed by atoms with Crippen molar-refractivity contribution in [1.82, 2.24) is 9.88 Å². The minimum absolute atomic E-state index is 0.0398. The van der Waals surface area contributed by atoms with Gasteiger partial charge in [-0.3, -0.25) is 9.59 Å². The lowest BCUT2D eigenvalue weighted by Crippen LogP contribution is -2.53. The Hall–Kier alpha value is -3.61. The van der Waals surface area contributed by atoms with E-state index in [2.05, 4.69) is 80.1 Å². The lowest BCUT2D eigenvalue weighted by atomic mass is 9.92. The van der Waals surface area contributed by atoms with Crippen LogP contribution in [0, 0.1) is 25.7 Å². The molecule has 212 valence electrons. The Morgan fingerprint density at radius 1 is 0.900 bits per heavy atom. The highest BCUT2D eigenvalue weighted by Crippen LogP contribution is 2.29. The molecule has 5 rings (SSSR count). The standard InChI is InChI=1S/C33H43N5O2/c1-22-6-9-28(10-7-22)38-15-14-36(21-26(38)5)33(40)13-12-32(39)34-27-8-11-30-29(18-27)25(4)17-31(35-30)37-19-23(2)16-24(3)20-37/h6-11,17-18,23-24,26H,12-16,19-21H2,1-5H3,(H,34,39)/t23-,24-,26-/m1/s1. The zero-order chi connectivity index (χ0) is 28.4. The van der Waals surface area contributed by atoms with Crippen molar-refractivity contribution in [3.63, 3.8) is 0 Å². The molecule has 1 aromatic heterocycles. The van der Waals surface area contributed by atoms with Crippen molar-refractivity contribution in [3.05, 3.63) is 59.7 Å². The van der Waals surface area contributed by atoms with Gasteiger partial charge in [0, 0.05) is 68.4 Å². The van der Waals surface area contributed by atoms with E-state index in [-0.39, 0.29) is 30.7 Å². The highest BCUT2D eigenvalue weighted by molar-refractivity contribution is 5.96. The molecule has 3 heterocycles. The maximum absolute atomic E-state index is 12.9. The molecule has 2 aliphatic heterocycles. The number of aromatic nitrogens is 1. The van der Waals surface area contributed by atoms with E-state index in [9.17, 15) is 9.59 Å². The van der Waals surface area contributed by atoms with E-state index in [4.69, 9.17) is 4.98 Å². The molecule has 1 N–H and O–H groups in total. The van der Waals surface area contributed by atoms with Gasteiger partial charge < -0.3 is 20.0 Å². The number of carbonyl (C=O) groups is 2. The first-order valence-corrected chi connectivity index (χ1v) is 14.7. The molecule has 2 aromatic carbocycles. The number of rotatable bonds is 6. The number of amides is 2. The Balaban J connectivity index is 1.15. The highest BCUT2D eigenvalue weighted by Gasteiger charge is 2.27. The molecule has 40 heavy (non-hydrogen) atoms. The number of fused-ring (bicyclic) bond motifs is 1. The molecule has 2 amide bonds. The third kappa shape index (κ3) is 6.40. The molecular formula is C33H43N5O2. The Kier molecular flexibility index (Phi) is 8.29. The predicted molar refractivity (Wildman–Crippen MR) is 164 cm³/mol. The van der Waals surface area contributed by atoms with E-state index < -0.39 is 0 Å². The quantitative estimate of drug-likeness (QED) is 0.428. The lowest BCUT2D eigenvalue weighted by molar-refractivity contribution is -0.133. The van der Waals surface area contributed by atoms with Crippen LogP contribution in [-0.4, -0.2) is 60.5 Å². The summed E-state index contributed by atoms with van der Waals surface area (Å²) < 4.78 is 0. The largest absolute Gasteiger partial charge is 0.365 e. The van der Waals surface area contributed by atoms with Gasteiger partial charge in [0.25, 0.3) is 0 Å². The first-order chi connectivity index (χ1) is 19.2. The van der Waals surface area contributed by atoms with Crippen molar-refractivity contribution >= 4 is 39.9 Å². The molecule has 0 radical (unpaired) electrons. The van der Waals surface area contributed by atoms with Gasteiger partial charge in [0.05, 0.1) is 5.52 Å². The van der Waals surface area contributed by atoms with Crippen LogP contribution in [-0.2, 0) is 9.59 Å². The molecule has 2 saturated heterocycles. The van der Waals surface area contributed by atoms with E-state index in [0.29, 0.717) is 24.9 Å². The maximum atomic E-state index is 12.9. The summed E-state index contributed by atoms with van der Waals surface area (Å²) in [7, 11) is 0. The van der Waals surface area contributed by atoms with Gasteiger partial charge in [-0.25, -0.2) is 4.98 Å². The van der Waals surface area contributed by atoms with Gasteiger partial charge in [-0.05, 0) is 81.0 Å². The van der Waals surface area contributed by atoms with Crippen LogP contribution in [0.25, 0.3) is 10.9 Å². The average molecular weight is 542 g/mol. The predicted octanol–water partition coefficient (Wildman–Crippen LogP) is 5.79. The Labute approximate surface area is 238 Å². The maximum Gasteiger partial charge on any atom is 0.224 e. The van der Waals surface area contributed by atoms with E-state index in [1.54, 1.807) is 0 Å². The van der Waals surface area contributed by atoms with Crippen molar-refractivity contribution in [2.45, 2.75) is 59.9 Å². The summed E-state index contributed by atoms with van der Waals surface area (Å²) in [4.78, 5) is 37.3. The second kappa shape index (κ2) is 11.9. The molecule has 2 fully saturated rings. The number of piperazine rings is 1. The third-order valence-electron chi connectivity index (χ3n) is 8.39. The molecule has 0 aliphatic carbocycles. The number of benzene rings is 2. The van der Waals surface area contributed by atoms with Gasteiger partial charge in [-0.2, -0.15) is 0 Å². The van der Waals surface area contributed by atoms with Crippen LogP contribution in [0.3, 0.4) is 0 Å². The number of carbonyl (C=O) groups excluding carboxylic acids is 2. The molecule has 3 aromatic rings. The van der Waals surface area contributed by atoms with Gasteiger partial charge in [0.1, 0.15) is 5.82 Å². The summed E-state index contributed by atoms with van der Waals surface area (Å²) in [6.45, 7) is 15.2. The first kappa shape index (κ1) is 27.9. The fraction of sp³-hybridized carbons (Fsp3) is 0.485. The number of nitrogens with one attached hydrogen (secondary N) is 1. The summed E-state index contributed by atoms with van der Waals surface area (Å²) in [6.07, 6.45) is 1.65. The summed E-state index contributed by atoms with van der Waals surface area (Å²) in [5, 5.41) is 4.03. The summed E-state index contributed by atoms with van der Waals surface area (Å²) in [5.74, 6) is 2.26. The first-order valence-electron chi connectivity index (χ1n) is 14.7. The van der Waals surface area contributed by atoms with Crippen LogP contribution in [0.4, 0.5) is 17.2 Å². The Morgan fingerprint density at radius 3 is 2.33 bits per heavy atom. The fourth-order valence-corrected chi connectivity index (χ4v) is 6.37. The molecule has 0 bridgehead atoms. The Morgan fingerprint density at radius 2 is 1.62 bits per heavy atom. The minimum Gasteiger partial charge on any atom is -0.365 e. The van der Waals surface area contributed by atoms with Gasteiger partial charge in [-0.1, -0.05) is 31.5 Å². The van der Waals surface area contributed by atoms with Crippen LogP contribution in [0.5, 0.6) is 0 Å². The molecule has 0 unspecified atom stereocenters. The topological polar surface area (TPSA) is 68.8 Å². The highest BCUT2D eigenvalue weighted by atomic mass is 16.2. The number of piperidine rings is 1. The monoisotopic (exact) mass is 541 g/mol. The second-order valence-corrected chi connectivity index (χ2v) is 12.1. The Bertz CT molecular complexity index is 1360. The number of nitrogens with zero attached hydrogens (tertiary/aromatic N) is 4. The van der Waals surface area contributed by atoms with Gasteiger partial charge >= 0.3 is 0 Å². The van der Waals surface area contributed by atoms with Gasteiger partial charge in [-0.15, -0.1) is 0 Å². The number of pyridine rings is 1. The number of anilines is 3. The normalized spacial score (nSPS) is 21.5. The van der Waals surface area contributed by atoms with Crippen molar-refractivity contribution < 1.29 is 9.59 Å². The van der Waals surface area contributed by atoms with Crippen molar-refractivity contribution in [1.29, 1.82) is 0 Å². The van der Waals surface area contributed by atoms with E-state index in [1.807, 2.05) is 23.1 Å². The molecule has 7 heteroatoms. The van der Waals surface area contributed by atoms with Crippen molar-refractivity contribution in [2.24, 2.45) is 11.8 Å². The minimum atomic E-state index is -0.141. The van der Waals surface area contributed by atoms with Crippen molar-refractivity contribution in [3.8, 4) is 0 Å². The average Bonchev–Trinajstić information content (AvgIpc) is 2.92. The van der Waals surface area contributed by atoms with Gasteiger partial charge in [0.15, 0.2) is 0 Å².